The maximum absolute atomic E-state index is 12.3. The van der Waals surface area contributed by atoms with Crippen LogP contribution in [0, 0.1) is 11.8 Å². The monoisotopic (exact) mass is 428 g/mol. The van der Waals surface area contributed by atoms with Crippen LogP contribution < -0.4 is 5.32 Å². The van der Waals surface area contributed by atoms with Crippen LogP contribution in [0.1, 0.15) is 104 Å². The van der Waals surface area contributed by atoms with Gasteiger partial charge in [0, 0.05) is 44.3 Å². The standard InChI is InChI=1S/C27H44N2O2/c1-5-6-11-19-27(31)29(23(2)3)22-15-10-8-7-9-12-16-24(4)17-13-14-18-26(30)28-25-20-21-25/h9,12,23,25H,4-7,11,13-22H2,1-3H3,(H,28,30). The molecule has 0 radical (unpaired) electrons. The summed E-state index contributed by atoms with van der Waals surface area (Å²) in [5, 5.41) is 3.03. The van der Waals surface area contributed by atoms with Crippen molar-refractivity contribution >= 4 is 11.8 Å². The summed E-state index contributed by atoms with van der Waals surface area (Å²) in [6, 6.07) is 0.692. The van der Waals surface area contributed by atoms with E-state index in [9.17, 15) is 9.59 Å². The third kappa shape index (κ3) is 14.6. The van der Waals surface area contributed by atoms with Crippen molar-refractivity contribution in [3.8, 4) is 11.8 Å². The molecule has 1 N–H and O–H groups in total. The highest BCUT2D eigenvalue weighted by molar-refractivity contribution is 5.76. The van der Waals surface area contributed by atoms with E-state index in [1.165, 1.54) is 5.57 Å². The van der Waals surface area contributed by atoms with Gasteiger partial charge in [0.1, 0.15) is 0 Å². The van der Waals surface area contributed by atoms with Crippen LogP contribution in [0.2, 0.25) is 0 Å². The molecule has 0 unspecified atom stereocenters. The molecule has 31 heavy (non-hydrogen) atoms. The zero-order valence-electron chi connectivity index (χ0n) is 20.2. The molecule has 174 valence electrons. The van der Waals surface area contributed by atoms with E-state index in [1.54, 1.807) is 0 Å². The molecule has 1 aliphatic carbocycles. The van der Waals surface area contributed by atoms with Crippen molar-refractivity contribution in [2.24, 2.45) is 0 Å². The minimum Gasteiger partial charge on any atom is -0.353 e. The number of rotatable bonds is 16. The molecule has 0 aromatic heterocycles. The Morgan fingerprint density at radius 2 is 1.77 bits per heavy atom. The number of nitrogens with zero attached hydrogens (tertiary/aromatic N) is 1. The van der Waals surface area contributed by atoms with E-state index in [0.717, 1.165) is 77.2 Å². The number of carbonyl (C=O) groups is 2. The molecule has 4 nitrogen and oxygen atoms in total. The Balaban J connectivity index is 2.09. The van der Waals surface area contributed by atoms with Crippen LogP contribution in [0.3, 0.4) is 0 Å². The molecule has 1 saturated carbocycles. The number of nitrogens with one attached hydrogen (secondary N) is 1. The molecule has 0 heterocycles. The number of hydrogen-bond donors (Lipinski definition) is 1. The highest BCUT2D eigenvalue weighted by atomic mass is 16.2. The summed E-state index contributed by atoms with van der Waals surface area (Å²) in [6.45, 7) is 11.2. The first-order valence-electron chi connectivity index (χ1n) is 12.3. The van der Waals surface area contributed by atoms with Gasteiger partial charge in [-0.05, 0) is 58.8 Å². The van der Waals surface area contributed by atoms with E-state index in [-0.39, 0.29) is 17.9 Å². The lowest BCUT2D eigenvalue weighted by Gasteiger charge is -2.26. The van der Waals surface area contributed by atoms with Crippen LogP contribution in [-0.4, -0.2) is 35.3 Å². The van der Waals surface area contributed by atoms with Gasteiger partial charge in [-0.15, -0.1) is 5.92 Å². The van der Waals surface area contributed by atoms with Crippen molar-refractivity contribution in [2.75, 3.05) is 6.54 Å². The SMILES string of the molecule is C=C(CC=CCC#CCCN(C(=O)CCCCC)C(C)C)CCCCC(=O)NC1CC1. The Bertz CT molecular complexity index is 635. The maximum atomic E-state index is 12.3. The number of allylic oxidation sites excluding steroid dienone is 3. The third-order valence-corrected chi connectivity index (χ3v) is 5.46. The quantitative estimate of drug-likeness (QED) is 0.188. The molecule has 1 fully saturated rings. The molecule has 0 saturated heterocycles. The van der Waals surface area contributed by atoms with Gasteiger partial charge in [0.15, 0.2) is 0 Å². The number of hydrogen-bond acceptors (Lipinski definition) is 2. The van der Waals surface area contributed by atoms with Crippen molar-refractivity contribution in [2.45, 2.75) is 116 Å². The zero-order chi connectivity index (χ0) is 22.9. The average molecular weight is 429 g/mol. The predicted octanol–water partition coefficient (Wildman–Crippen LogP) is 5.93. The van der Waals surface area contributed by atoms with Gasteiger partial charge in [0.2, 0.25) is 11.8 Å². The Labute approximate surface area is 190 Å². The van der Waals surface area contributed by atoms with Gasteiger partial charge < -0.3 is 10.2 Å². The molecular formula is C27H44N2O2. The Kier molecular flexibility index (Phi) is 14.5. The molecule has 0 atom stereocenters. The molecule has 0 spiro atoms. The predicted molar refractivity (Wildman–Crippen MR) is 131 cm³/mol. The molecule has 0 aliphatic heterocycles. The maximum Gasteiger partial charge on any atom is 0.222 e. The second-order valence-corrected chi connectivity index (χ2v) is 8.92. The Morgan fingerprint density at radius 1 is 1.06 bits per heavy atom. The van der Waals surface area contributed by atoms with Gasteiger partial charge in [-0.1, -0.05) is 50.0 Å². The van der Waals surface area contributed by atoms with E-state index < -0.39 is 0 Å². The van der Waals surface area contributed by atoms with Crippen LogP contribution in [0.25, 0.3) is 0 Å². The zero-order valence-corrected chi connectivity index (χ0v) is 20.2. The van der Waals surface area contributed by atoms with E-state index in [2.05, 4.69) is 56.7 Å². The fourth-order valence-electron chi connectivity index (χ4n) is 3.36. The molecule has 0 aromatic rings. The fourth-order valence-corrected chi connectivity index (χ4v) is 3.36. The van der Waals surface area contributed by atoms with E-state index in [0.29, 0.717) is 18.9 Å². The van der Waals surface area contributed by atoms with Crippen molar-refractivity contribution in [3.63, 3.8) is 0 Å². The highest BCUT2D eigenvalue weighted by Crippen LogP contribution is 2.19. The van der Waals surface area contributed by atoms with Crippen LogP contribution in [0.4, 0.5) is 0 Å². The molecule has 1 aliphatic rings. The minimum absolute atomic E-state index is 0.198. The van der Waals surface area contributed by atoms with Gasteiger partial charge in [-0.3, -0.25) is 9.59 Å². The summed E-state index contributed by atoms with van der Waals surface area (Å²) in [4.78, 5) is 25.9. The summed E-state index contributed by atoms with van der Waals surface area (Å²) in [7, 11) is 0. The summed E-state index contributed by atoms with van der Waals surface area (Å²) < 4.78 is 0. The van der Waals surface area contributed by atoms with Gasteiger partial charge in [-0.2, -0.15) is 0 Å². The second kappa shape index (κ2) is 16.6. The Hall–Kier alpha value is -2.02. The lowest BCUT2D eigenvalue weighted by molar-refractivity contribution is -0.133. The molecule has 2 amide bonds. The first kappa shape index (κ1) is 27.0. The topological polar surface area (TPSA) is 49.4 Å². The first-order chi connectivity index (χ1) is 14.9. The minimum atomic E-state index is 0.198. The van der Waals surface area contributed by atoms with Gasteiger partial charge >= 0.3 is 0 Å². The Morgan fingerprint density at radius 3 is 2.45 bits per heavy atom. The molecular weight excluding hydrogens is 384 g/mol. The molecule has 0 bridgehead atoms. The van der Waals surface area contributed by atoms with Crippen molar-refractivity contribution < 1.29 is 9.59 Å². The lowest BCUT2D eigenvalue weighted by atomic mass is 10.1. The molecule has 4 heteroatoms. The third-order valence-electron chi connectivity index (χ3n) is 5.46. The van der Waals surface area contributed by atoms with Crippen LogP contribution in [0.15, 0.2) is 24.3 Å². The van der Waals surface area contributed by atoms with E-state index in [4.69, 9.17) is 0 Å². The smallest absolute Gasteiger partial charge is 0.222 e. The van der Waals surface area contributed by atoms with Crippen molar-refractivity contribution in [1.82, 2.24) is 10.2 Å². The fraction of sp³-hybridized carbons (Fsp3) is 0.704. The second-order valence-electron chi connectivity index (χ2n) is 8.92. The molecule has 1 rings (SSSR count). The lowest BCUT2D eigenvalue weighted by Crippen LogP contribution is -2.37. The number of carbonyl (C=O) groups excluding carboxylic acids is 2. The van der Waals surface area contributed by atoms with Gasteiger partial charge in [-0.25, -0.2) is 0 Å². The molecule has 0 aromatic carbocycles. The summed E-state index contributed by atoms with van der Waals surface area (Å²) in [6.07, 6.45) is 16.3. The average Bonchev–Trinajstić information content (AvgIpc) is 3.53. The van der Waals surface area contributed by atoms with Crippen molar-refractivity contribution in [3.05, 3.63) is 24.3 Å². The van der Waals surface area contributed by atoms with Crippen LogP contribution >= 0.6 is 0 Å². The summed E-state index contributed by atoms with van der Waals surface area (Å²) in [5.41, 5.74) is 1.21. The van der Waals surface area contributed by atoms with E-state index >= 15 is 0 Å². The highest BCUT2D eigenvalue weighted by Gasteiger charge is 2.22. The van der Waals surface area contributed by atoms with Crippen molar-refractivity contribution in [1.29, 1.82) is 0 Å². The largest absolute Gasteiger partial charge is 0.353 e. The van der Waals surface area contributed by atoms with Crippen LogP contribution in [-0.2, 0) is 9.59 Å². The number of amides is 2. The summed E-state index contributed by atoms with van der Waals surface area (Å²) >= 11 is 0. The van der Waals surface area contributed by atoms with Crippen LogP contribution in [0.5, 0.6) is 0 Å². The van der Waals surface area contributed by atoms with Gasteiger partial charge in [0.25, 0.3) is 0 Å². The normalized spacial score (nSPS) is 13.2. The summed E-state index contributed by atoms with van der Waals surface area (Å²) in [5.74, 6) is 6.83. The van der Waals surface area contributed by atoms with Gasteiger partial charge in [0.05, 0.1) is 0 Å². The number of unbranched alkanes of at least 4 members (excludes halogenated alkanes) is 3. The first-order valence-corrected chi connectivity index (χ1v) is 12.3. The van der Waals surface area contributed by atoms with E-state index in [1.807, 2.05) is 4.90 Å².